The van der Waals surface area contributed by atoms with E-state index in [1.165, 1.54) is 22.5 Å². The highest BCUT2D eigenvalue weighted by Crippen LogP contribution is 2.26. The molecule has 4 rings (SSSR count). The van der Waals surface area contributed by atoms with Crippen LogP contribution in [0.5, 0.6) is 0 Å². The van der Waals surface area contributed by atoms with E-state index in [0.29, 0.717) is 10.7 Å². The molecule has 0 fully saturated rings. The molecule has 26 heavy (non-hydrogen) atoms. The Kier molecular flexibility index (Phi) is 4.05. The number of amides is 1. The first kappa shape index (κ1) is 16.5. The van der Waals surface area contributed by atoms with Crippen LogP contribution in [0.25, 0.3) is 16.9 Å². The molecule has 0 bridgehead atoms. The first-order chi connectivity index (χ1) is 12.5. The van der Waals surface area contributed by atoms with Crippen LogP contribution in [0.4, 0.5) is 5.13 Å². The summed E-state index contributed by atoms with van der Waals surface area (Å²) in [6, 6.07) is 9.81. The Morgan fingerprint density at radius 1 is 1.08 bits per heavy atom. The molecule has 1 aromatic carbocycles. The molecule has 0 spiro atoms. The number of carbonyl (C=O) groups is 1. The Morgan fingerprint density at radius 3 is 2.73 bits per heavy atom. The molecule has 4 aromatic rings. The zero-order valence-electron chi connectivity index (χ0n) is 14.8. The largest absolute Gasteiger partial charge is 0.307 e. The van der Waals surface area contributed by atoms with Gasteiger partial charge in [0.05, 0.1) is 11.4 Å². The number of fused-ring (bicyclic) bond motifs is 1. The molecule has 3 heterocycles. The van der Waals surface area contributed by atoms with E-state index in [1.54, 1.807) is 12.1 Å². The van der Waals surface area contributed by atoms with Gasteiger partial charge in [0.15, 0.2) is 5.13 Å². The van der Waals surface area contributed by atoms with Gasteiger partial charge in [0.25, 0.3) is 5.91 Å². The molecule has 1 N–H and O–H groups in total. The van der Waals surface area contributed by atoms with Crippen molar-refractivity contribution >= 4 is 28.0 Å². The van der Waals surface area contributed by atoms with Crippen LogP contribution in [-0.2, 0) is 0 Å². The lowest BCUT2D eigenvalue weighted by atomic mass is 10.1. The molecule has 130 valence electrons. The van der Waals surface area contributed by atoms with Crippen LogP contribution in [0.15, 0.2) is 48.1 Å². The molecule has 3 aromatic heterocycles. The van der Waals surface area contributed by atoms with Crippen molar-refractivity contribution in [3.63, 3.8) is 0 Å². The van der Waals surface area contributed by atoms with Gasteiger partial charge in [0.1, 0.15) is 5.65 Å². The maximum atomic E-state index is 12.5. The van der Waals surface area contributed by atoms with Gasteiger partial charge >= 0.3 is 0 Å². The van der Waals surface area contributed by atoms with Crippen LogP contribution in [0, 0.1) is 20.8 Å². The van der Waals surface area contributed by atoms with E-state index < -0.39 is 0 Å². The summed E-state index contributed by atoms with van der Waals surface area (Å²) in [5.41, 5.74) is 6.63. The lowest BCUT2D eigenvalue weighted by molar-refractivity contribution is 0.102. The highest BCUT2D eigenvalue weighted by Gasteiger charge is 2.12. The number of anilines is 1. The fourth-order valence-corrected chi connectivity index (χ4v) is 3.50. The Labute approximate surface area is 155 Å². The smallest absolute Gasteiger partial charge is 0.257 e. The van der Waals surface area contributed by atoms with Crippen molar-refractivity contribution < 1.29 is 4.79 Å². The van der Waals surface area contributed by atoms with E-state index in [-0.39, 0.29) is 5.91 Å². The summed E-state index contributed by atoms with van der Waals surface area (Å²) in [5, 5.41) is 5.42. The second-order valence-electron chi connectivity index (χ2n) is 6.35. The fraction of sp³-hybridized carbons (Fsp3) is 0.150. The molecule has 0 aliphatic carbocycles. The Hall–Kier alpha value is -2.99. The molecule has 0 saturated carbocycles. The number of hydrogen-bond donors (Lipinski definition) is 1. The summed E-state index contributed by atoms with van der Waals surface area (Å²) in [6.07, 6.45) is 3.76. The number of rotatable bonds is 3. The zero-order valence-corrected chi connectivity index (χ0v) is 15.6. The number of pyridine rings is 1. The number of benzene rings is 1. The lowest BCUT2D eigenvalue weighted by Crippen LogP contribution is -2.12. The second-order valence-corrected chi connectivity index (χ2v) is 7.21. The van der Waals surface area contributed by atoms with Gasteiger partial charge in [0, 0.05) is 28.9 Å². The van der Waals surface area contributed by atoms with E-state index in [4.69, 9.17) is 0 Å². The number of aromatic nitrogens is 3. The van der Waals surface area contributed by atoms with Crippen molar-refractivity contribution in [3.8, 4) is 11.3 Å². The maximum absolute atomic E-state index is 12.5. The molecule has 0 radical (unpaired) electrons. The van der Waals surface area contributed by atoms with Gasteiger partial charge in [-0.3, -0.25) is 10.1 Å². The van der Waals surface area contributed by atoms with Gasteiger partial charge in [-0.05, 0) is 50.1 Å². The van der Waals surface area contributed by atoms with Gasteiger partial charge < -0.3 is 4.40 Å². The Bertz CT molecular complexity index is 1130. The number of carbonyl (C=O) groups excluding carboxylic acids is 1. The number of thiazole rings is 1. The standard InChI is InChI=1S/C20H18N4OS/c1-12-4-5-15(8-13(12)2)17-11-26-20(22-17)23-19(25)16-6-7-24-10-14(3)21-18(24)9-16/h4-11H,1-3H3,(H,22,23,25). The summed E-state index contributed by atoms with van der Waals surface area (Å²) in [4.78, 5) is 21.5. The number of nitrogens with zero attached hydrogens (tertiary/aromatic N) is 3. The number of hydrogen-bond acceptors (Lipinski definition) is 4. The quantitative estimate of drug-likeness (QED) is 0.578. The number of imidazole rings is 1. The van der Waals surface area contributed by atoms with E-state index in [9.17, 15) is 4.79 Å². The molecule has 0 unspecified atom stereocenters. The Balaban J connectivity index is 1.55. The van der Waals surface area contributed by atoms with Crippen LogP contribution in [0.3, 0.4) is 0 Å². The van der Waals surface area contributed by atoms with Crippen molar-refractivity contribution in [1.29, 1.82) is 0 Å². The predicted molar refractivity (Wildman–Crippen MR) is 105 cm³/mol. The van der Waals surface area contributed by atoms with Crippen molar-refractivity contribution in [2.75, 3.05) is 5.32 Å². The van der Waals surface area contributed by atoms with Crippen molar-refractivity contribution in [2.24, 2.45) is 0 Å². The highest BCUT2D eigenvalue weighted by atomic mass is 32.1. The minimum Gasteiger partial charge on any atom is -0.307 e. The minimum absolute atomic E-state index is 0.186. The molecule has 0 atom stereocenters. The average Bonchev–Trinajstić information content (AvgIpc) is 3.22. The molecule has 0 aliphatic heterocycles. The molecule has 0 aliphatic rings. The minimum atomic E-state index is -0.186. The van der Waals surface area contributed by atoms with Crippen LogP contribution in [-0.4, -0.2) is 20.3 Å². The lowest BCUT2D eigenvalue weighted by Gasteiger charge is -2.03. The van der Waals surface area contributed by atoms with Crippen LogP contribution in [0.1, 0.15) is 27.2 Å². The summed E-state index contributed by atoms with van der Waals surface area (Å²) in [7, 11) is 0. The van der Waals surface area contributed by atoms with Crippen LogP contribution < -0.4 is 5.32 Å². The monoisotopic (exact) mass is 362 g/mol. The Morgan fingerprint density at radius 2 is 1.92 bits per heavy atom. The summed E-state index contributed by atoms with van der Waals surface area (Å²) < 4.78 is 1.90. The third kappa shape index (κ3) is 3.11. The normalized spacial score (nSPS) is 11.0. The van der Waals surface area contributed by atoms with Gasteiger partial charge in [0.2, 0.25) is 0 Å². The van der Waals surface area contributed by atoms with Crippen molar-refractivity contribution in [1.82, 2.24) is 14.4 Å². The average molecular weight is 362 g/mol. The third-order valence-corrected chi connectivity index (χ3v) is 5.13. The zero-order chi connectivity index (χ0) is 18.3. The summed E-state index contributed by atoms with van der Waals surface area (Å²) in [6.45, 7) is 6.10. The maximum Gasteiger partial charge on any atom is 0.257 e. The van der Waals surface area contributed by atoms with Gasteiger partial charge in [-0.2, -0.15) is 0 Å². The molecule has 5 nitrogen and oxygen atoms in total. The topological polar surface area (TPSA) is 59.3 Å². The SMILES string of the molecule is Cc1cn2ccc(C(=O)Nc3nc(-c4ccc(C)c(C)c4)cs3)cc2n1. The third-order valence-electron chi connectivity index (χ3n) is 4.37. The molecule has 1 amide bonds. The van der Waals surface area contributed by atoms with Gasteiger partial charge in [-0.15, -0.1) is 11.3 Å². The van der Waals surface area contributed by atoms with E-state index in [1.807, 2.05) is 29.1 Å². The van der Waals surface area contributed by atoms with Gasteiger partial charge in [-0.25, -0.2) is 9.97 Å². The number of aryl methyl sites for hydroxylation is 3. The first-order valence-corrected chi connectivity index (χ1v) is 9.17. The van der Waals surface area contributed by atoms with Crippen LogP contribution in [0.2, 0.25) is 0 Å². The summed E-state index contributed by atoms with van der Waals surface area (Å²) >= 11 is 1.42. The van der Waals surface area contributed by atoms with Crippen LogP contribution >= 0.6 is 11.3 Å². The van der Waals surface area contributed by atoms with Crippen molar-refractivity contribution in [2.45, 2.75) is 20.8 Å². The predicted octanol–water partition coefficient (Wildman–Crippen LogP) is 4.64. The second kappa shape index (κ2) is 6.38. The molecular weight excluding hydrogens is 344 g/mol. The van der Waals surface area contributed by atoms with Gasteiger partial charge in [-0.1, -0.05) is 12.1 Å². The molecule has 0 saturated heterocycles. The molecule has 6 heteroatoms. The molecular formula is C20H18N4OS. The van der Waals surface area contributed by atoms with Crippen molar-refractivity contribution in [3.05, 3.63) is 70.5 Å². The van der Waals surface area contributed by atoms with E-state index >= 15 is 0 Å². The number of nitrogens with one attached hydrogen (secondary N) is 1. The van der Waals surface area contributed by atoms with E-state index in [0.717, 1.165) is 22.6 Å². The van der Waals surface area contributed by atoms with E-state index in [2.05, 4.69) is 47.3 Å². The summed E-state index contributed by atoms with van der Waals surface area (Å²) in [5.74, 6) is -0.186. The highest BCUT2D eigenvalue weighted by molar-refractivity contribution is 7.14. The fourth-order valence-electron chi connectivity index (χ4n) is 2.78. The first-order valence-electron chi connectivity index (χ1n) is 8.29.